The minimum atomic E-state index is -0.223. The first kappa shape index (κ1) is 11.6. The van der Waals surface area contributed by atoms with Gasteiger partial charge in [0.15, 0.2) is 0 Å². The lowest BCUT2D eigenvalue weighted by atomic mass is 9.99. The summed E-state index contributed by atoms with van der Waals surface area (Å²) < 4.78 is 1.18. The van der Waals surface area contributed by atoms with Crippen molar-refractivity contribution in [3.05, 3.63) is 29.1 Å². The number of carbonyl (C=O) groups excluding carboxylic acids is 1. The first-order chi connectivity index (χ1) is 9.27. The van der Waals surface area contributed by atoms with E-state index in [-0.39, 0.29) is 11.6 Å². The Kier molecular flexibility index (Phi) is 2.53. The number of anilines is 1. The van der Waals surface area contributed by atoms with Crippen molar-refractivity contribution in [3.8, 4) is 0 Å². The molecule has 0 saturated carbocycles. The number of thioether (sulfide) groups is 1. The summed E-state index contributed by atoms with van der Waals surface area (Å²) in [6.45, 7) is 0. The molecule has 0 unspecified atom stereocenters. The molecule has 0 radical (unpaired) electrons. The largest absolute Gasteiger partial charge is 0.361 e. The number of thiophene rings is 1. The van der Waals surface area contributed by atoms with E-state index < -0.39 is 0 Å². The van der Waals surface area contributed by atoms with E-state index in [4.69, 9.17) is 0 Å². The van der Waals surface area contributed by atoms with Gasteiger partial charge >= 0.3 is 0 Å². The van der Waals surface area contributed by atoms with Crippen molar-refractivity contribution in [3.63, 3.8) is 0 Å². The molecule has 3 heterocycles. The number of benzene rings is 1. The quantitative estimate of drug-likeness (QED) is 0.782. The fraction of sp³-hybridized carbons (Fsp3) is 0.357. The van der Waals surface area contributed by atoms with E-state index in [9.17, 15) is 4.79 Å². The average molecular weight is 290 g/mol. The number of hydrogen-bond acceptors (Lipinski definition) is 4. The van der Waals surface area contributed by atoms with E-state index in [0.717, 1.165) is 34.9 Å². The Morgan fingerprint density at radius 1 is 1.11 bits per heavy atom. The van der Waals surface area contributed by atoms with Crippen molar-refractivity contribution in [2.75, 3.05) is 16.8 Å². The fourth-order valence-corrected chi connectivity index (χ4v) is 5.09. The lowest BCUT2D eigenvalue weighted by molar-refractivity contribution is 0.0900. The molecule has 2 aromatic rings. The van der Waals surface area contributed by atoms with Gasteiger partial charge in [0, 0.05) is 10.1 Å². The molecule has 19 heavy (non-hydrogen) atoms. The summed E-state index contributed by atoms with van der Waals surface area (Å²) in [7, 11) is 0. The van der Waals surface area contributed by atoms with Gasteiger partial charge in [-0.25, -0.2) is 0 Å². The summed E-state index contributed by atoms with van der Waals surface area (Å²) in [6, 6.07) is 8.24. The number of hydrogen-bond donors (Lipinski definition) is 2. The number of fused-ring (bicyclic) bond motifs is 3. The summed E-state index contributed by atoms with van der Waals surface area (Å²) in [5.41, 5.74) is 0.815. The van der Waals surface area contributed by atoms with Crippen molar-refractivity contribution in [2.45, 2.75) is 18.5 Å². The van der Waals surface area contributed by atoms with Crippen LogP contribution < -0.4 is 10.6 Å². The van der Waals surface area contributed by atoms with Crippen LogP contribution in [0.25, 0.3) is 10.1 Å². The molecule has 2 aliphatic rings. The molecule has 98 valence electrons. The van der Waals surface area contributed by atoms with E-state index >= 15 is 0 Å². The minimum absolute atomic E-state index is 0.0850. The molecule has 0 bridgehead atoms. The molecule has 1 saturated heterocycles. The molecule has 3 nitrogen and oxygen atoms in total. The molecular formula is C14H14N2OS2. The summed E-state index contributed by atoms with van der Waals surface area (Å²) >= 11 is 3.54. The van der Waals surface area contributed by atoms with Crippen LogP contribution >= 0.6 is 23.1 Å². The molecule has 1 amide bonds. The molecule has 2 N–H and O–H groups in total. The number of nitrogens with one attached hydrogen (secondary N) is 2. The maximum atomic E-state index is 12.4. The zero-order valence-corrected chi connectivity index (χ0v) is 12.0. The van der Waals surface area contributed by atoms with Crippen molar-refractivity contribution in [1.29, 1.82) is 0 Å². The highest BCUT2D eigenvalue weighted by Crippen LogP contribution is 2.42. The zero-order valence-electron chi connectivity index (χ0n) is 10.4. The van der Waals surface area contributed by atoms with Gasteiger partial charge in [-0.1, -0.05) is 18.2 Å². The average Bonchev–Trinajstić information content (AvgIpc) is 2.79. The van der Waals surface area contributed by atoms with Gasteiger partial charge in [0.25, 0.3) is 5.91 Å². The highest BCUT2D eigenvalue weighted by atomic mass is 32.2. The van der Waals surface area contributed by atoms with Crippen molar-refractivity contribution in [1.82, 2.24) is 5.32 Å². The van der Waals surface area contributed by atoms with E-state index in [1.54, 1.807) is 11.3 Å². The van der Waals surface area contributed by atoms with Crippen LogP contribution in [0.2, 0.25) is 0 Å². The summed E-state index contributed by atoms with van der Waals surface area (Å²) in [5, 5.41) is 8.00. The molecule has 2 aliphatic heterocycles. The van der Waals surface area contributed by atoms with Crippen LogP contribution in [-0.2, 0) is 0 Å². The third-order valence-electron chi connectivity index (χ3n) is 3.87. The highest BCUT2D eigenvalue weighted by molar-refractivity contribution is 7.99. The van der Waals surface area contributed by atoms with Gasteiger partial charge in [-0.3, -0.25) is 4.79 Å². The van der Waals surface area contributed by atoms with Gasteiger partial charge in [-0.05, 0) is 30.4 Å². The Balaban J connectivity index is 1.86. The van der Waals surface area contributed by atoms with Gasteiger partial charge in [-0.2, -0.15) is 11.8 Å². The lowest BCUT2D eigenvalue weighted by Gasteiger charge is -2.42. The Bertz CT molecular complexity index is 659. The molecule has 0 atom stereocenters. The third kappa shape index (κ3) is 1.75. The number of amides is 1. The first-order valence-electron chi connectivity index (χ1n) is 6.47. The van der Waals surface area contributed by atoms with Gasteiger partial charge in [0.05, 0.1) is 5.69 Å². The van der Waals surface area contributed by atoms with Crippen molar-refractivity contribution >= 4 is 44.8 Å². The number of carbonyl (C=O) groups is 1. The molecule has 5 heteroatoms. The molecule has 1 aromatic carbocycles. The minimum Gasteiger partial charge on any atom is -0.361 e. The number of rotatable bonds is 0. The topological polar surface area (TPSA) is 41.1 Å². The molecule has 1 fully saturated rings. The standard InChI is InChI=1S/C14H14N2OS2/c17-13-12-11(9-3-1-2-4-10(9)19-12)15-14(16-13)5-7-18-8-6-14/h1-4,15H,5-8H2,(H,16,17). The monoisotopic (exact) mass is 290 g/mol. The second kappa shape index (κ2) is 4.15. The predicted octanol–water partition coefficient (Wildman–Crippen LogP) is 3.28. The maximum absolute atomic E-state index is 12.4. The Morgan fingerprint density at radius 3 is 2.74 bits per heavy atom. The summed E-state index contributed by atoms with van der Waals surface area (Å²) in [6.07, 6.45) is 1.99. The SMILES string of the molecule is O=C1NC2(CCSCC2)Nc2c1sc1ccccc21. The smallest absolute Gasteiger partial charge is 0.265 e. The lowest BCUT2D eigenvalue weighted by Crippen LogP contribution is -2.58. The van der Waals surface area contributed by atoms with E-state index in [1.165, 1.54) is 10.1 Å². The van der Waals surface area contributed by atoms with E-state index in [0.29, 0.717) is 0 Å². The van der Waals surface area contributed by atoms with Gasteiger partial charge in [0.2, 0.25) is 0 Å². The van der Waals surface area contributed by atoms with Crippen LogP contribution in [0.1, 0.15) is 22.5 Å². The van der Waals surface area contributed by atoms with E-state index in [2.05, 4.69) is 22.8 Å². The van der Waals surface area contributed by atoms with Crippen molar-refractivity contribution < 1.29 is 4.79 Å². The van der Waals surface area contributed by atoms with Crippen LogP contribution in [0.3, 0.4) is 0 Å². The molecule has 1 aromatic heterocycles. The van der Waals surface area contributed by atoms with Gasteiger partial charge in [0.1, 0.15) is 10.5 Å². The Labute approximate surface area is 119 Å². The molecule has 1 spiro atoms. The zero-order chi connectivity index (χ0) is 12.9. The first-order valence-corrected chi connectivity index (χ1v) is 8.45. The Morgan fingerprint density at radius 2 is 1.89 bits per heavy atom. The third-order valence-corrected chi connectivity index (χ3v) is 6.02. The second-order valence-corrected chi connectivity index (χ2v) is 7.35. The van der Waals surface area contributed by atoms with Gasteiger partial charge < -0.3 is 10.6 Å². The molecule has 4 rings (SSSR count). The van der Waals surface area contributed by atoms with Crippen LogP contribution in [0, 0.1) is 0 Å². The van der Waals surface area contributed by atoms with Crippen LogP contribution in [-0.4, -0.2) is 23.1 Å². The van der Waals surface area contributed by atoms with E-state index in [1.807, 2.05) is 23.9 Å². The second-order valence-electron chi connectivity index (χ2n) is 5.08. The maximum Gasteiger partial charge on any atom is 0.265 e. The van der Waals surface area contributed by atoms with Crippen LogP contribution in [0.5, 0.6) is 0 Å². The Hall–Kier alpha value is -1.20. The summed E-state index contributed by atoms with van der Waals surface area (Å²) in [4.78, 5) is 13.2. The van der Waals surface area contributed by atoms with Gasteiger partial charge in [-0.15, -0.1) is 11.3 Å². The normalized spacial score (nSPS) is 20.9. The fourth-order valence-electron chi connectivity index (χ4n) is 2.84. The molecular weight excluding hydrogens is 276 g/mol. The van der Waals surface area contributed by atoms with Crippen LogP contribution in [0.15, 0.2) is 24.3 Å². The molecule has 0 aliphatic carbocycles. The van der Waals surface area contributed by atoms with Crippen LogP contribution in [0.4, 0.5) is 5.69 Å². The summed E-state index contributed by atoms with van der Waals surface area (Å²) in [5.74, 6) is 2.29. The predicted molar refractivity (Wildman–Crippen MR) is 82.2 cm³/mol. The van der Waals surface area contributed by atoms with Crippen molar-refractivity contribution in [2.24, 2.45) is 0 Å². The highest BCUT2D eigenvalue weighted by Gasteiger charge is 2.40.